The number of carbonyl (C=O) groups is 1. The van der Waals surface area contributed by atoms with Crippen molar-refractivity contribution in [3.05, 3.63) is 71.8 Å². The molecule has 0 amide bonds. The minimum Gasteiger partial charge on any atom is -0.454 e. The molecule has 0 radical (unpaired) electrons. The van der Waals surface area contributed by atoms with Crippen LogP contribution in [0.2, 0.25) is 0 Å². The predicted molar refractivity (Wildman–Crippen MR) is 105 cm³/mol. The van der Waals surface area contributed by atoms with Gasteiger partial charge >= 0.3 is 5.97 Å². The van der Waals surface area contributed by atoms with E-state index in [4.69, 9.17) is 4.74 Å². The lowest BCUT2D eigenvalue weighted by Gasteiger charge is -2.33. The molecule has 26 heavy (non-hydrogen) atoms. The molecule has 0 spiro atoms. The summed E-state index contributed by atoms with van der Waals surface area (Å²) in [6.45, 7) is 4.93. The van der Waals surface area contributed by atoms with Crippen LogP contribution in [0, 0.1) is 0 Å². The third kappa shape index (κ3) is 4.73. The Morgan fingerprint density at radius 1 is 1.00 bits per heavy atom. The molecule has 2 aromatic carbocycles. The lowest BCUT2D eigenvalue weighted by molar-refractivity contribution is -0.162. The highest BCUT2D eigenvalue weighted by molar-refractivity contribution is 5.69. The third-order valence-electron chi connectivity index (χ3n) is 5.34. The second kappa shape index (κ2) is 9.00. The molecule has 0 aliphatic carbocycles. The van der Waals surface area contributed by atoms with Gasteiger partial charge in [-0.1, -0.05) is 67.6 Å². The molecule has 0 N–H and O–H groups in total. The summed E-state index contributed by atoms with van der Waals surface area (Å²) in [6.07, 6.45) is 4.28. The Hall–Kier alpha value is -2.13. The maximum atomic E-state index is 12.1. The van der Waals surface area contributed by atoms with Crippen LogP contribution in [-0.2, 0) is 21.6 Å². The monoisotopic (exact) mass is 351 g/mol. The maximum absolute atomic E-state index is 12.1. The Morgan fingerprint density at radius 2 is 1.69 bits per heavy atom. The summed E-state index contributed by atoms with van der Waals surface area (Å²) in [4.78, 5) is 14.6. The minimum atomic E-state index is -0.476. The number of ether oxygens (including phenoxy) is 1. The first-order valence-corrected chi connectivity index (χ1v) is 9.75. The highest BCUT2D eigenvalue weighted by Gasteiger charge is 2.37. The van der Waals surface area contributed by atoms with Crippen molar-refractivity contribution in [1.29, 1.82) is 0 Å². The second-order valence-corrected chi connectivity index (χ2v) is 7.12. The predicted octanol–water partition coefficient (Wildman–Crippen LogP) is 4.56. The first kappa shape index (κ1) is 18.7. The minimum absolute atomic E-state index is 0.105. The molecule has 3 heteroatoms. The van der Waals surface area contributed by atoms with Gasteiger partial charge in [0, 0.05) is 25.9 Å². The summed E-state index contributed by atoms with van der Waals surface area (Å²) in [5, 5.41) is 0. The highest BCUT2D eigenvalue weighted by atomic mass is 16.6. The van der Waals surface area contributed by atoms with Gasteiger partial charge in [0.15, 0.2) is 0 Å². The topological polar surface area (TPSA) is 29.5 Å². The van der Waals surface area contributed by atoms with Crippen molar-refractivity contribution in [3.8, 4) is 0 Å². The van der Waals surface area contributed by atoms with Crippen molar-refractivity contribution in [1.82, 2.24) is 4.90 Å². The molecule has 1 unspecified atom stereocenters. The van der Waals surface area contributed by atoms with Crippen molar-refractivity contribution in [2.24, 2.45) is 0 Å². The number of hydrogen-bond donors (Lipinski definition) is 0. The number of carbonyl (C=O) groups excluding carboxylic acids is 1. The molecule has 1 atom stereocenters. The fourth-order valence-electron chi connectivity index (χ4n) is 3.80. The molecule has 3 rings (SSSR count). The molecule has 1 aliphatic rings. The number of esters is 1. The Balaban J connectivity index is 1.69. The fourth-order valence-corrected chi connectivity index (χ4v) is 3.80. The number of benzene rings is 2. The highest BCUT2D eigenvalue weighted by Crippen LogP contribution is 2.37. The van der Waals surface area contributed by atoms with Crippen LogP contribution in [0.3, 0.4) is 0 Å². The van der Waals surface area contributed by atoms with E-state index in [1.54, 1.807) is 0 Å². The third-order valence-corrected chi connectivity index (χ3v) is 5.34. The summed E-state index contributed by atoms with van der Waals surface area (Å²) in [6, 6.07) is 20.9. The van der Waals surface area contributed by atoms with E-state index in [1.165, 1.54) is 5.56 Å². The first-order valence-electron chi connectivity index (χ1n) is 9.75. The van der Waals surface area contributed by atoms with E-state index in [0.29, 0.717) is 6.42 Å². The van der Waals surface area contributed by atoms with E-state index in [0.717, 1.165) is 50.9 Å². The van der Waals surface area contributed by atoms with Crippen molar-refractivity contribution in [3.63, 3.8) is 0 Å². The van der Waals surface area contributed by atoms with Crippen LogP contribution in [0.4, 0.5) is 0 Å². The molecule has 1 heterocycles. The molecule has 0 bridgehead atoms. The van der Waals surface area contributed by atoms with Crippen LogP contribution in [0.25, 0.3) is 0 Å². The molecule has 138 valence electrons. The number of nitrogens with zero attached hydrogens (tertiary/aromatic N) is 1. The van der Waals surface area contributed by atoms with Gasteiger partial charge in [-0.05, 0) is 36.9 Å². The van der Waals surface area contributed by atoms with E-state index in [2.05, 4.69) is 47.4 Å². The van der Waals surface area contributed by atoms with E-state index in [1.807, 2.05) is 25.1 Å². The van der Waals surface area contributed by atoms with Gasteiger partial charge in [-0.25, -0.2) is 0 Å². The van der Waals surface area contributed by atoms with Gasteiger partial charge < -0.3 is 9.64 Å². The van der Waals surface area contributed by atoms with Crippen LogP contribution in [-0.4, -0.2) is 30.5 Å². The lowest BCUT2D eigenvalue weighted by atomic mass is 9.86. The molecule has 0 saturated carbocycles. The normalized spacial score (nSPS) is 21.1. The van der Waals surface area contributed by atoms with E-state index >= 15 is 0 Å². The molecule has 0 aromatic heterocycles. The van der Waals surface area contributed by atoms with Gasteiger partial charge in [-0.3, -0.25) is 4.79 Å². The van der Waals surface area contributed by atoms with Gasteiger partial charge in [0.25, 0.3) is 0 Å². The molecular formula is C23H29NO2. The van der Waals surface area contributed by atoms with Crippen molar-refractivity contribution in [2.45, 2.75) is 44.6 Å². The summed E-state index contributed by atoms with van der Waals surface area (Å²) in [7, 11) is 0. The standard InChI is InChI=1S/C23H29NO2/c1-2-22(25)26-23(21-12-7-4-8-13-21)15-9-17-24(19-16-23)18-14-20-10-5-3-6-11-20/h3-8,10-13H,2,9,14-19H2,1H3. The zero-order chi connectivity index (χ0) is 18.2. The Kier molecular flexibility index (Phi) is 6.45. The van der Waals surface area contributed by atoms with Crippen LogP contribution >= 0.6 is 0 Å². The summed E-state index contributed by atoms with van der Waals surface area (Å²) >= 11 is 0. The Morgan fingerprint density at radius 3 is 2.38 bits per heavy atom. The summed E-state index contributed by atoms with van der Waals surface area (Å²) < 4.78 is 6.04. The largest absolute Gasteiger partial charge is 0.454 e. The molecule has 1 fully saturated rings. The van der Waals surface area contributed by atoms with Crippen LogP contribution in [0.1, 0.15) is 43.7 Å². The molecule has 3 nitrogen and oxygen atoms in total. The van der Waals surface area contributed by atoms with Gasteiger partial charge in [-0.15, -0.1) is 0 Å². The quantitative estimate of drug-likeness (QED) is 0.714. The van der Waals surface area contributed by atoms with Gasteiger partial charge in [0.1, 0.15) is 5.60 Å². The number of rotatable bonds is 6. The zero-order valence-electron chi connectivity index (χ0n) is 15.7. The Bertz CT molecular complexity index is 686. The summed E-state index contributed by atoms with van der Waals surface area (Å²) in [5.41, 5.74) is 2.03. The SMILES string of the molecule is CCC(=O)OC1(c2ccccc2)CCCN(CCc2ccccc2)CC1. The van der Waals surface area contributed by atoms with Crippen molar-refractivity contribution >= 4 is 5.97 Å². The van der Waals surface area contributed by atoms with Crippen LogP contribution in [0.15, 0.2) is 60.7 Å². The number of likely N-dealkylation sites (tertiary alicyclic amines) is 1. The Labute approximate surface area is 157 Å². The average molecular weight is 351 g/mol. The van der Waals surface area contributed by atoms with E-state index in [9.17, 15) is 4.79 Å². The van der Waals surface area contributed by atoms with Gasteiger partial charge in [0.2, 0.25) is 0 Å². The molecule has 1 aliphatic heterocycles. The summed E-state index contributed by atoms with van der Waals surface area (Å²) in [5.74, 6) is -0.105. The zero-order valence-corrected chi connectivity index (χ0v) is 15.7. The van der Waals surface area contributed by atoms with Crippen molar-refractivity contribution < 1.29 is 9.53 Å². The maximum Gasteiger partial charge on any atom is 0.306 e. The van der Waals surface area contributed by atoms with Crippen LogP contribution in [0.5, 0.6) is 0 Å². The van der Waals surface area contributed by atoms with Gasteiger partial charge in [-0.2, -0.15) is 0 Å². The molecule has 1 saturated heterocycles. The number of hydrogen-bond acceptors (Lipinski definition) is 3. The first-order chi connectivity index (χ1) is 12.7. The lowest BCUT2D eigenvalue weighted by Crippen LogP contribution is -2.34. The second-order valence-electron chi connectivity index (χ2n) is 7.12. The fraction of sp³-hybridized carbons (Fsp3) is 0.435. The van der Waals surface area contributed by atoms with E-state index in [-0.39, 0.29) is 5.97 Å². The molecule has 2 aromatic rings. The van der Waals surface area contributed by atoms with Crippen molar-refractivity contribution in [2.75, 3.05) is 19.6 Å². The van der Waals surface area contributed by atoms with Crippen LogP contribution < -0.4 is 0 Å². The smallest absolute Gasteiger partial charge is 0.306 e. The van der Waals surface area contributed by atoms with Gasteiger partial charge in [0.05, 0.1) is 0 Å². The molecular weight excluding hydrogens is 322 g/mol. The average Bonchev–Trinajstić information content (AvgIpc) is 2.91. The van der Waals surface area contributed by atoms with E-state index < -0.39 is 5.60 Å².